The van der Waals surface area contributed by atoms with Crippen molar-refractivity contribution < 1.29 is 67.5 Å². The normalized spacial score (nSPS) is 12.4. The molecule has 0 aromatic rings. The molecule has 0 bridgehead atoms. The number of amides is 6. The van der Waals surface area contributed by atoms with E-state index in [0.717, 1.165) is 51.4 Å². The van der Waals surface area contributed by atoms with Gasteiger partial charge in [-0.25, -0.2) is 8.32 Å². The van der Waals surface area contributed by atoms with Gasteiger partial charge in [0.1, 0.15) is 19.3 Å². The summed E-state index contributed by atoms with van der Waals surface area (Å²) in [6, 6.07) is -2.19. The molecule has 0 aliphatic rings. The van der Waals surface area contributed by atoms with Gasteiger partial charge in [-0.05, 0) is 57.8 Å². The number of halogens is 1. The molecule has 22 nitrogen and oxygen atoms in total. The van der Waals surface area contributed by atoms with Crippen LogP contribution in [0, 0.1) is 0 Å². The fourth-order valence-corrected chi connectivity index (χ4v) is 7.50. The highest BCUT2D eigenvalue weighted by atomic mass is 127. The molecule has 0 saturated carbocycles. The van der Waals surface area contributed by atoms with Crippen LogP contribution in [-0.2, 0) is 57.3 Å². The molecule has 6 amide bonds. The Morgan fingerprint density at radius 1 is 0.443 bits per heavy atom. The topological polar surface area (TPSA) is 338 Å². The van der Waals surface area contributed by atoms with E-state index in [9.17, 15) is 43.5 Å². The van der Waals surface area contributed by atoms with Gasteiger partial charge in [0, 0.05) is 68.3 Å². The molecule has 0 spiro atoms. The van der Waals surface area contributed by atoms with Crippen molar-refractivity contribution in [3.05, 3.63) is 0 Å². The maximum Gasteiger partial charge on any atom is 0.326 e. The molecule has 0 saturated heterocycles. The van der Waals surface area contributed by atoms with Gasteiger partial charge in [0.05, 0.1) is 51.7 Å². The molecule has 0 radical (unpaired) electrons. The Balaban J connectivity index is 3.67. The number of rotatable bonds is 51. The lowest BCUT2D eigenvalue weighted by Crippen LogP contribution is -2.41. The molecular formula is C47H87IN8O14. The Bertz CT molecular complexity index is 1440. The summed E-state index contributed by atoms with van der Waals surface area (Å²) in [7, 11) is 0. The number of hydrogen-bond donors (Lipinski definition) is 10. The zero-order valence-corrected chi connectivity index (χ0v) is 43.7. The molecule has 0 aliphatic heterocycles. The Labute approximate surface area is 428 Å². The first kappa shape index (κ1) is 66.2. The second kappa shape index (κ2) is 47.6. The van der Waals surface area contributed by atoms with Gasteiger partial charge in [0.15, 0.2) is 0 Å². The standard InChI is InChI=1S/C47H87IN8O14/c48-56-38(45(50)63)20-16-18-26-54-46(64)37(49)19-15-17-25-51-42(59)35-69-33-32-68-30-28-53-43(60)36-70-34-31-67-29-27-52-40(57)24-23-39(47(65)66)55-41(58)21-13-11-9-7-5-3-1-2-4-6-8-10-12-14-22-44(61)62/h37-39,56H,1-36,49H2,(H2,50,63)(H,51,59)(H,52,57)(H,53,60)(H,54,64)(H,55,58)(H,61,62)(H,65,66)/t37-,38-,39-/m0/s1. The molecule has 0 aliphatic carbocycles. The largest absolute Gasteiger partial charge is 0.481 e. The number of ether oxygens (including phenoxy) is 4. The number of unbranched alkanes of at least 4 members (excludes halogenated alkanes) is 15. The van der Waals surface area contributed by atoms with E-state index in [1.165, 1.54) is 38.5 Å². The highest BCUT2D eigenvalue weighted by Gasteiger charge is 2.21. The molecule has 0 fully saturated rings. The maximum atomic E-state index is 12.3. The Morgan fingerprint density at radius 2 is 0.886 bits per heavy atom. The first-order chi connectivity index (χ1) is 33.8. The summed E-state index contributed by atoms with van der Waals surface area (Å²) >= 11 is 1.89. The predicted molar refractivity (Wildman–Crippen MR) is 271 cm³/mol. The van der Waals surface area contributed by atoms with E-state index in [0.29, 0.717) is 51.6 Å². The molecule has 406 valence electrons. The van der Waals surface area contributed by atoms with E-state index in [2.05, 4.69) is 30.1 Å². The van der Waals surface area contributed by atoms with Crippen molar-refractivity contribution in [1.82, 2.24) is 30.1 Å². The van der Waals surface area contributed by atoms with E-state index in [-0.39, 0.29) is 121 Å². The van der Waals surface area contributed by atoms with Crippen molar-refractivity contribution in [3.8, 4) is 0 Å². The lowest BCUT2D eigenvalue weighted by Gasteiger charge is -2.14. The Morgan fingerprint density at radius 3 is 1.37 bits per heavy atom. The number of carbonyl (C=O) groups excluding carboxylic acids is 6. The second-order valence-electron chi connectivity index (χ2n) is 17.2. The molecule has 0 rings (SSSR count). The minimum absolute atomic E-state index is 0.0351. The third-order valence-electron chi connectivity index (χ3n) is 11.0. The van der Waals surface area contributed by atoms with E-state index < -0.39 is 36.0 Å². The van der Waals surface area contributed by atoms with Crippen LogP contribution in [-0.4, -0.2) is 155 Å². The lowest BCUT2D eigenvalue weighted by atomic mass is 10.0. The minimum Gasteiger partial charge on any atom is -0.481 e. The number of aliphatic carboxylic acids is 2. The summed E-state index contributed by atoms with van der Waals surface area (Å²) in [6.07, 6.45) is 19.2. The van der Waals surface area contributed by atoms with Gasteiger partial charge < -0.3 is 67.2 Å². The molecule has 23 heteroatoms. The number of primary amides is 1. The number of carboxylic acids is 2. The summed E-state index contributed by atoms with van der Waals surface area (Å²) in [6.45, 7) is 2.23. The zero-order chi connectivity index (χ0) is 51.9. The highest BCUT2D eigenvalue weighted by molar-refractivity contribution is 14.1. The Hall–Kier alpha value is -3.75. The summed E-state index contributed by atoms with van der Waals surface area (Å²) in [5, 5.41) is 31.6. The van der Waals surface area contributed by atoms with Crippen LogP contribution >= 0.6 is 22.9 Å². The molecule has 0 aromatic carbocycles. The van der Waals surface area contributed by atoms with Crippen molar-refractivity contribution in [2.24, 2.45) is 11.5 Å². The average Bonchev–Trinajstić information content (AvgIpc) is 3.32. The second-order valence-corrected chi connectivity index (χ2v) is 17.8. The van der Waals surface area contributed by atoms with Crippen molar-refractivity contribution in [1.29, 1.82) is 0 Å². The molecule has 0 aromatic heterocycles. The summed E-state index contributed by atoms with van der Waals surface area (Å²) in [5.74, 6) is -3.86. The lowest BCUT2D eigenvalue weighted by molar-refractivity contribution is -0.142. The van der Waals surface area contributed by atoms with Crippen LogP contribution in [0.15, 0.2) is 0 Å². The quantitative estimate of drug-likeness (QED) is 0.0238. The van der Waals surface area contributed by atoms with Gasteiger partial charge in [0.2, 0.25) is 35.4 Å². The first-order valence-electron chi connectivity index (χ1n) is 25.3. The van der Waals surface area contributed by atoms with Gasteiger partial charge in [-0.15, -0.1) is 0 Å². The first-order valence-corrected chi connectivity index (χ1v) is 26.4. The third-order valence-corrected chi connectivity index (χ3v) is 11.7. The van der Waals surface area contributed by atoms with Gasteiger partial charge >= 0.3 is 11.9 Å². The molecule has 12 N–H and O–H groups in total. The van der Waals surface area contributed by atoms with Crippen molar-refractivity contribution in [3.63, 3.8) is 0 Å². The third kappa shape index (κ3) is 44.2. The van der Waals surface area contributed by atoms with E-state index in [1.807, 2.05) is 22.9 Å². The number of nitrogens with one attached hydrogen (secondary N) is 6. The number of carboxylic acid groups (broad SMARTS) is 2. The van der Waals surface area contributed by atoms with Crippen molar-refractivity contribution in [2.75, 3.05) is 79.0 Å². The van der Waals surface area contributed by atoms with Crippen LogP contribution in [0.3, 0.4) is 0 Å². The molecule has 70 heavy (non-hydrogen) atoms. The molecule has 3 atom stereocenters. The summed E-state index contributed by atoms with van der Waals surface area (Å²) in [4.78, 5) is 94.1. The molecule has 0 heterocycles. The minimum atomic E-state index is -1.19. The monoisotopic (exact) mass is 1110 g/mol. The molecular weight excluding hydrogens is 1030 g/mol. The van der Waals surface area contributed by atoms with E-state index in [1.54, 1.807) is 0 Å². The number of nitrogens with two attached hydrogens (primary N) is 2. The maximum absolute atomic E-state index is 12.3. The van der Waals surface area contributed by atoms with Crippen molar-refractivity contribution in [2.45, 2.75) is 172 Å². The van der Waals surface area contributed by atoms with Gasteiger partial charge in [0.25, 0.3) is 0 Å². The van der Waals surface area contributed by atoms with E-state index >= 15 is 0 Å². The van der Waals surface area contributed by atoms with Gasteiger partial charge in [-0.1, -0.05) is 77.0 Å². The molecule has 0 unspecified atom stereocenters. The zero-order valence-electron chi connectivity index (χ0n) is 41.5. The smallest absolute Gasteiger partial charge is 0.326 e. The van der Waals surface area contributed by atoms with Crippen LogP contribution in [0.1, 0.15) is 154 Å². The highest BCUT2D eigenvalue weighted by Crippen LogP contribution is 2.14. The van der Waals surface area contributed by atoms with Crippen LogP contribution < -0.4 is 41.6 Å². The number of hydrogen-bond acceptors (Lipinski definition) is 14. The van der Waals surface area contributed by atoms with Crippen LogP contribution in [0.25, 0.3) is 0 Å². The van der Waals surface area contributed by atoms with Crippen LogP contribution in [0.4, 0.5) is 0 Å². The fraction of sp³-hybridized carbons (Fsp3) is 0.830. The number of carbonyl (C=O) groups is 8. The van der Waals surface area contributed by atoms with Gasteiger partial charge in [-0.2, -0.15) is 0 Å². The van der Waals surface area contributed by atoms with Crippen LogP contribution in [0.5, 0.6) is 0 Å². The van der Waals surface area contributed by atoms with Crippen LogP contribution in [0.2, 0.25) is 0 Å². The SMILES string of the molecule is NC(=O)[C@H](CCCCNC(=O)[C@@H](N)CCCCNC(=O)COCCOCCNC(=O)COCCOCCNC(=O)CC[C@H](NC(=O)CCCCCCCCCCCCCCCCC(=O)O)C(=O)O)NI. The van der Waals surface area contributed by atoms with Crippen molar-refractivity contribution >= 4 is 70.2 Å². The summed E-state index contributed by atoms with van der Waals surface area (Å²) < 4.78 is 24.2. The predicted octanol–water partition coefficient (Wildman–Crippen LogP) is 2.65. The average molecular weight is 1120 g/mol. The summed E-state index contributed by atoms with van der Waals surface area (Å²) in [5.41, 5.74) is 11.2. The van der Waals surface area contributed by atoms with E-state index in [4.69, 9.17) is 35.5 Å². The fourth-order valence-electron chi connectivity index (χ4n) is 6.88. The van der Waals surface area contributed by atoms with Gasteiger partial charge in [-0.3, -0.25) is 33.6 Å². The Kier molecular flexibility index (Phi) is 45.0.